The Morgan fingerprint density at radius 1 is 1.47 bits per heavy atom. The van der Waals surface area contributed by atoms with Crippen molar-refractivity contribution in [2.75, 3.05) is 5.32 Å². The first-order valence-corrected chi connectivity index (χ1v) is 5.25. The van der Waals surface area contributed by atoms with Gasteiger partial charge in [0.2, 0.25) is 5.91 Å². The fraction of sp³-hybridized carbons (Fsp3) is 0.167. The molecule has 1 aliphatic heterocycles. The molecule has 5 nitrogen and oxygen atoms in total. The molecule has 1 aromatic heterocycles. The van der Waals surface area contributed by atoms with Crippen LogP contribution in [0.3, 0.4) is 0 Å². The first-order chi connectivity index (χ1) is 8.15. The van der Waals surface area contributed by atoms with Crippen molar-refractivity contribution < 1.29 is 14.7 Å². The van der Waals surface area contributed by atoms with Crippen LogP contribution in [0.5, 0.6) is 0 Å². The summed E-state index contributed by atoms with van der Waals surface area (Å²) < 4.78 is 1.58. The molecule has 17 heavy (non-hydrogen) atoms. The van der Waals surface area contributed by atoms with Crippen LogP contribution >= 0.6 is 0 Å². The molecule has 86 valence electrons. The summed E-state index contributed by atoms with van der Waals surface area (Å²) in [4.78, 5) is 22.1. The van der Waals surface area contributed by atoms with Crippen LogP contribution in [0.2, 0.25) is 0 Å². The summed E-state index contributed by atoms with van der Waals surface area (Å²) in [5.41, 5.74) is 2.41. The van der Waals surface area contributed by atoms with Crippen LogP contribution in [0.25, 0.3) is 10.9 Å². The van der Waals surface area contributed by atoms with E-state index < -0.39 is 5.97 Å². The van der Waals surface area contributed by atoms with Gasteiger partial charge in [-0.1, -0.05) is 12.1 Å². The summed E-state index contributed by atoms with van der Waals surface area (Å²) in [5, 5.41) is 14.3. The number of aromatic nitrogens is 1. The minimum absolute atomic E-state index is 0.0730. The molecule has 0 saturated carbocycles. The Bertz CT molecular complexity index is 642. The highest BCUT2D eigenvalue weighted by Crippen LogP contribution is 2.32. The molecule has 1 aliphatic rings. The number of benzene rings is 1. The van der Waals surface area contributed by atoms with E-state index in [-0.39, 0.29) is 12.5 Å². The van der Waals surface area contributed by atoms with Crippen molar-refractivity contribution in [3.05, 3.63) is 30.0 Å². The lowest BCUT2D eigenvalue weighted by atomic mass is 10.0. The highest BCUT2D eigenvalue weighted by atomic mass is 16.4. The highest BCUT2D eigenvalue weighted by molar-refractivity contribution is 6.09. The lowest BCUT2D eigenvalue weighted by Crippen LogP contribution is -2.27. The van der Waals surface area contributed by atoms with Gasteiger partial charge in [0.25, 0.3) is 0 Å². The second-order valence-electron chi connectivity index (χ2n) is 4.08. The van der Waals surface area contributed by atoms with Crippen molar-refractivity contribution in [2.45, 2.75) is 13.0 Å². The number of carbonyl (C=O) groups is 2. The SMILES string of the molecule is O=C([O-])Cn1cc2c3c(cccc31)CC(=O)N2. The number of aliphatic carboxylic acids is 1. The van der Waals surface area contributed by atoms with Crippen molar-refractivity contribution >= 4 is 28.5 Å². The van der Waals surface area contributed by atoms with Crippen LogP contribution in [0.1, 0.15) is 5.56 Å². The number of carboxylic acids is 1. The van der Waals surface area contributed by atoms with Gasteiger partial charge in [0.05, 0.1) is 30.1 Å². The molecule has 0 unspecified atom stereocenters. The summed E-state index contributed by atoms with van der Waals surface area (Å²) in [6.45, 7) is -0.212. The molecule has 2 aromatic rings. The number of carbonyl (C=O) groups excluding carboxylic acids is 2. The molecule has 1 N–H and O–H groups in total. The van der Waals surface area contributed by atoms with Gasteiger partial charge in [0, 0.05) is 11.6 Å². The van der Waals surface area contributed by atoms with Crippen molar-refractivity contribution in [1.82, 2.24) is 4.57 Å². The number of rotatable bonds is 2. The zero-order chi connectivity index (χ0) is 12.0. The Labute approximate surface area is 96.7 Å². The Morgan fingerprint density at radius 3 is 3.06 bits per heavy atom. The van der Waals surface area contributed by atoms with Crippen LogP contribution in [0, 0.1) is 0 Å². The fourth-order valence-electron chi connectivity index (χ4n) is 2.31. The molecule has 0 radical (unpaired) electrons. The quantitative estimate of drug-likeness (QED) is 0.780. The van der Waals surface area contributed by atoms with Crippen LogP contribution in [0.15, 0.2) is 24.4 Å². The number of nitrogens with zero attached hydrogens (tertiary/aromatic N) is 1. The summed E-state index contributed by atoms with van der Waals surface area (Å²) in [5.74, 6) is -1.22. The third-order valence-electron chi connectivity index (χ3n) is 2.92. The average Bonchev–Trinajstić information content (AvgIpc) is 2.57. The van der Waals surface area contributed by atoms with E-state index >= 15 is 0 Å². The van der Waals surface area contributed by atoms with Crippen LogP contribution in [-0.4, -0.2) is 16.4 Å². The van der Waals surface area contributed by atoms with Gasteiger partial charge in [0.1, 0.15) is 0 Å². The maximum absolute atomic E-state index is 11.4. The largest absolute Gasteiger partial charge is 0.548 e. The van der Waals surface area contributed by atoms with E-state index in [1.165, 1.54) is 0 Å². The summed E-state index contributed by atoms with van der Waals surface area (Å²) in [7, 11) is 0. The first-order valence-electron chi connectivity index (χ1n) is 5.25. The fourth-order valence-corrected chi connectivity index (χ4v) is 2.31. The number of hydrogen-bond donors (Lipinski definition) is 1. The molecule has 1 aromatic carbocycles. The smallest absolute Gasteiger partial charge is 0.228 e. The summed E-state index contributed by atoms with van der Waals surface area (Å²) in [6.07, 6.45) is 1.97. The van der Waals surface area contributed by atoms with Gasteiger partial charge in [-0.3, -0.25) is 4.79 Å². The van der Waals surface area contributed by atoms with E-state index in [1.54, 1.807) is 10.8 Å². The minimum Gasteiger partial charge on any atom is -0.548 e. The molecule has 1 amide bonds. The first kappa shape index (κ1) is 9.89. The number of carboxylic acid groups (broad SMARTS) is 1. The summed E-state index contributed by atoms with van der Waals surface area (Å²) >= 11 is 0. The normalized spacial score (nSPS) is 13.8. The predicted octanol–water partition coefficient (Wildman–Crippen LogP) is -0.114. The Hall–Kier alpha value is -2.30. The molecule has 0 bridgehead atoms. The monoisotopic (exact) mass is 229 g/mol. The maximum atomic E-state index is 11.4. The summed E-state index contributed by atoms with van der Waals surface area (Å²) in [6, 6.07) is 5.54. The average molecular weight is 229 g/mol. The maximum Gasteiger partial charge on any atom is 0.228 e. The van der Waals surface area contributed by atoms with Crippen molar-refractivity contribution in [3.8, 4) is 0 Å². The number of amides is 1. The molecule has 0 saturated heterocycles. The molecule has 0 atom stereocenters. The van der Waals surface area contributed by atoms with E-state index in [0.29, 0.717) is 12.1 Å². The van der Waals surface area contributed by atoms with Gasteiger partial charge in [-0.25, -0.2) is 0 Å². The zero-order valence-corrected chi connectivity index (χ0v) is 8.90. The molecule has 2 heterocycles. The van der Waals surface area contributed by atoms with E-state index in [1.807, 2.05) is 18.2 Å². The van der Waals surface area contributed by atoms with Crippen molar-refractivity contribution in [3.63, 3.8) is 0 Å². The van der Waals surface area contributed by atoms with Crippen molar-refractivity contribution in [1.29, 1.82) is 0 Å². The van der Waals surface area contributed by atoms with Gasteiger partial charge in [-0.2, -0.15) is 0 Å². The van der Waals surface area contributed by atoms with Gasteiger partial charge in [-0.15, -0.1) is 0 Å². The lowest BCUT2D eigenvalue weighted by molar-refractivity contribution is -0.306. The molecular formula is C12H9N2O3-. The van der Waals surface area contributed by atoms with Gasteiger partial charge >= 0.3 is 0 Å². The number of nitrogens with one attached hydrogen (secondary N) is 1. The molecule has 0 spiro atoms. The molecular weight excluding hydrogens is 220 g/mol. The Morgan fingerprint density at radius 2 is 2.29 bits per heavy atom. The zero-order valence-electron chi connectivity index (χ0n) is 8.90. The highest BCUT2D eigenvalue weighted by Gasteiger charge is 2.20. The third-order valence-corrected chi connectivity index (χ3v) is 2.92. The van der Waals surface area contributed by atoms with E-state index in [9.17, 15) is 14.7 Å². The number of hydrogen-bond acceptors (Lipinski definition) is 3. The van der Waals surface area contributed by atoms with E-state index in [0.717, 1.165) is 16.5 Å². The minimum atomic E-state index is -1.15. The Balaban J connectivity index is 2.26. The van der Waals surface area contributed by atoms with Gasteiger partial charge < -0.3 is 19.8 Å². The standard InChI is InChI=1S/C12H10N2O3/c15-10-4-7-2-1-3-9-12(7)8(13-10)5-14(9)6-11(16)17/h1-3,5H,4,6H2,(H,13,15)(H,16,17)/p-1. The predicted molar refractivity (Wildman–Crippen MR) is 59.3 cm³/mol. The Kier molecular flexibility index (Phi) is 1.95. The molecule has 3 rings (SSSR count). The van der Waals surface area contributed by atoms with Gasteiger partial charge in [0.15, 0.2) is 0 Å². The van der Waals surface area contributed by atoms with Crippen LogP contribution in [-0.2, 0) is 22.6 Å². The topological polar surface area (TPSA) is 74.2 Å². The second kappa shape index (κ2) is 3.35. The van der Waals surface area contributed by atoms with Gasteiger partial charge in [-0.05, 0) is 11.6 Å². The molecule has 0 fully saturated rings. The second-order valence-corrected chi connectivity index (χ2v) is 4.08. The third kappa shape index (κ3) is 1.47. The number of anilines is 1. The molecule has 0 aliphatic carbocycles. The van der Waals surface area contributed by atoms with E-state index in [2.05, 4.69) is 5.32 Å². The lowest BCUT2D eigenvalue weighted by Gasteiger charge is -2.12. The van der Waals surface area contributed by atoms with E-state index in [4.69, 9.17) is 0 Å². The van der Waals surface area contributed by atoms with Crippen LogP contribution < -0.4 is 10.4 Å². The molecule has 5 heteroatoms. The van der Waals surface area contributed by atoms with Crippen molar-refractivity contribution in [2.24, 2.45) is 0 Å². The van der Waals surface area contributed by atoms with Crippen LogP contribution in [0.4, 0.5) is 5.69 Å².